The largest absolute Gasteiger partial charge is 0.384 e. The molecule has 1 aliphatic rings. The summed E-state index contributed by atoms with van der Waals surface area (Å²) in [6.45, 7) is -0.178. The van der Waals surface area contributed by atoms with Crippen LogP contribution < -0.4 is 16.1 Å². The molecule has 1 aliphatic heterocycles. The molecule has 2 rings (SSSR count). The van der Waals surface area contributed by atoms with Crippen molar-refractivity contribution in [3.8, 4) is 0 Å². The maximum absolute atomic E-state index is 12.6. The zero-order valence-electron chi connectivity index (χ0n) is 12.3. The summed E-state index contributed by atoms with van der Waals surface area (Å²) >= 11 is 0. The first-order chi connectivity index (χ1) is 11.2. The molecule has 1 aromatic rings. The van der Waals surface area contributed by atoms with Gasteiger partial charge in [-0.1, -0.05) is 19.4 Å². The Bertz CT molecular complexity index is 706. The lowest BCUT2D eigenvalue weighted by Gasteiger charge is -2.42. The lowest BCUT2D eigenvalue weighted by molar-refractivity contribution is -0.141. The molecular formula is C12H14F5N3O4S. The average molecular weight is 391 g/mol. The number of benzene rings is 1. The first-order valence-electron chi connectivity index (χ1n) is 6.68. The Hall–Kier alpha value is -1.96. The Morgan fingerprint density at radius 3 is 2.00 bits per heavy atom. The van der Waals surface area contributed by atoms with E-state index in [1.54, 1.807) is 0 Å². The number of nitrogens with one attached hydrogen (secondary N) is 3. The van der Waals surface area contributed by atoms with E-state index < -0.39 is 44.1 Å². The molecule has 1 heterocycles. The number of carbonyl (C=O) groups is 2. The van der Waals surface area contributed by atoms with E-state index in [9.17, 15) is 34.1 Å². The van der Waals surface area contributed by atoms with Gasteiger partial charge in [-0.3, -0.25) is 14.8 Å². The van der Waals surface area contributed by atoms with Crippen LogP contribution in [0.25, 0.3) is 0 Å². The maximum atomic E-state index is 12.6. The minimum atomic E-state index is -9.86. The van der Waals surface area contributed by atoms with Crippen LogP contribution in [-0.2, 0) is 4.79 Å². The number of hydroxylamine groups is 1. The van der Waals surface area contributed by atoms with E-state index in [0.717, 1.165) is 0 Å². The van der Waals surface area contributed by atoms with Crippen molar-refractivity contribution in [1.29, 1.82) is 0 Å². The Balaban J connectivity index is 2.22. The number of hydrogen-bond acceptors (Lipinski definition) is 5. The average Bonchev–Trinajstić information content (AvgIpc) is 2.47. The van der Waals surface area contributed by atoms with Gasteiger partial charge in [0.15, 0.2) is 0 Å². The SMILES string of the molecule is O=C(NC(C(=O)NO)C1(O)CNC1)c1ccc(S(F)(F)(F)(F)F)cc1. The van der Waals surface area contributed by atoms with Gasteiger partial charge in [0.05, 0.1) is 0 Å². The number of hydrogen-bond donors (Lipinski definition) is 5. The Kier molecular flexibility index (Phi) is 4.08. The zero-order chi connectivity index (χ0) is 19.2. The Morgan fingerprint density at radius 2 is 1.64 bits per heavy atom. The lowest BCUT2D eigenvalue weighted by atomic mass is 9.87. The molecule has 2 amide bonds. The van der Waals surface area contributed by atoms with Crippen LogP contribution in [0.2, 0.25) is 0 Å². The highest BCUT2D eigenvalue weighted by molar-refractivity contribution is 8.45. The van der Waals surface area contributed by atoms with Crippen molar-refractivity contribution in [2.45, 2.75) is 16.5 Å². The van der Waals surface area contributed by atoms with E-state index in [0.29, 0.717) is 12.1 Å². The predicted molar refractivity (Wildman–Crippen MR) is 76.8 cm³/mol. The molecule has 7 nitrogen and oxygen atoms in total. The minimum Gasteiger partial charge on any atom is -0.384 e. The molecule has 1 unspecified atom stereocenters. The van der Waals surface area contributed by atoms with Gasteiger partial charge >= 0.3 is 10.2 Å². The summed E-state index contributed by atoms with van der Waals surface area (Å²) in [6, 6.07) is -0.477. The van der Waals surface area contributed by atoms with E-state index in [1.807, 2.05) is 5.32 Å². The van der Waals surface area contributed by atoms with Crippen molar-refractivity contribution in [3.05, 3.63) is 29.8 Å². The molecule has 0 spiro atoms. The first kappa shape index (κ1) is 19.4. The van der Waals surface area contributed by atoms with E-state index in [1.165, 1.54) is 5.48 Å². The van der Waals surface area contributed by atoms with Crippen LogP contribution in [0.15, 0.2) is 29.2 Å². The summed E-state index contributed by atoms with van der Waals surface area (Å²) in [4.78, 5) is 21.4. The highest BCUT2D eigenvalue weighted by Crippen LogP contribution is 3.02. The highest BCUT2D eigenvalue weighted by atomic mass is 32.5. The fourth-order valence-corrected chi connectivity index (χ4v) is 2.82. The van der Waals surface area contributed by atoms with Gasteiger partial charge in [0.2, 0.25) is 0 Å². The molecule has 0 aliphatic carbocycles. The number of halogens is 5. The van der Waals surface area contributed by atoms with Crippen molar-refractivity contribution in [1.82, 2.24) is 16.1 Å². The standard InChI is InChI=1S/C12H14F5N3O4S/c13-25(14,15,16,17)8-3-1-7(2-4-8)10(21)19-9(11(22)20-24)12(23)5-18-6-12/h1-4,9,18,23-24H,5-6H2,(H,19,21)(H,20,22). The Morgan fingerprint density at radius 1 is 1.12 bits per heavy atom. The topological polar surface area (TPSA) is 111 Å². The molecule has 0 bridgehead atoms. The summed E-state index contributed by atoms with van der Waals surface area (Å²) in [6.07, 6.45) is 0. The van der Waals surface area contributed by atoms with Gasteiger partial charge < -0.3 is 15.7 Å². The molecule has 0 aromatic heterocycles. The van der Waals surface area contributed by atoms with Gasteiger partial charge in [-0.05, 0) is 24.3 Å². The van der Waals surface area contributed by atoms with Crippen LogP contribution in [0, 0.1) is 0 Å². The summed E-state index contributed by atoms with van der Waals surface area (Å²) in [7, 11) is -9.86. The first-order valence-corrected chi connectivity index (χ1v) is 8.63. The van der Waals surface area contributed by atoms with Crippen LogP contribution in [0.3, 0.4) is 0 Å². The van der Waals surface area contributed by atoms with Gasteiger partial charge in [-0.25, -0.2) is 5.48 Å². The maximum Gasteiger partial charge on any atom is 0.310 e. The number of carbonyl (C=O) groups excluding carboxylic acids is 2. The van der Waals surface area contributed by atoms with Crippen LogP contribution in [-0.4, -0.2) is 46.9 Å². The molecule has 1 fully saturated rings. The second-order valence-electron chi connectivity index (χ2n) is 5.58. The molecule has 142 valence electrons. The molecule has 13 heteroatoms. The molecule has 1 saturated heterocycles. The summed E-state index contributed by atoms with van der Waals surface area (Å²) in [5, 5.41) is 23.4. The second-order valence-corrected chi connectivity index (χ2v) is 7.99. The summed E-state index contributed by atoms with van der Waals surface area (Å²) < 4.78 is 63.2. The molecule has 1 aromatic carbocycles. The van der Waals surface area contributed by atoms with E-state index in [4.69, 9.17) is 5.21 Å². The van der Waals surface area contributed by atoms with Crippen LogP contribution >= 0.6 is 10.2 Å². The normalized spacial score (nSPS) is 20.4. The molecule has 0 saturated carbocycles. The van der Waals surface area contributed by atoms with Crippen LogP contribution in [0.4, 0.5) is 19.4 Å². The summed E-state index contributed by atoms with van der Waals surface area (Å²) in [5.74, 6) is -2.25. The minimum absolute atomic E-state index is 0.0528. The van der Waals surface area contributed by atoms with Crippen LogP contribution in [0.1, 0.15) is 10.4 Å². The third kappa shape index (κ3) is 4.18. The van der Waals surface area contributed by atoms with Crippen molar-refractivity contribution in [2.75, 3.05) is 13.1 Å². The lowest BCUT2D eigenvalue weighted by Crippen LogP contribution is -2.73. The highest BCUT2D eigenvalue weighted by Gasteiger charge is 2.65. The van der Waals surface area contributed by atoms with Crippen molar-refractivity contribution in [3.63, 3.8) is 0 Å². The third-order valence-corrected chi connectivity index (χ3v) is 4.77. The monoisotopic (exact) mass is 391 g/mol. The number of amides is 2. The smallest absolute Gasteiger partial charge is 0.310 e. The zero-order valence-corrected chi connectivity index (χ0v) is 13.1. The third-order valence-electron chi connectivity index (χ3n) is 3.61. The molecule has 25 heavy (non-hydrogen) atoms. The van der Waals surface area contributed by atoms with E-state index in [-0.39, 0.29) is 25.2 Å². The fourth-order valence-electron chi connectivity index (χ4n) is 2.17. The quantitative estimate of drug-likeness (QED) is 0.295. The van der Waals surface area contributed by atoms with Crippen molar-refractivity contribution < 1.29 is 39.3 Å². The second kappa shape index (κ2) is 5.27. The number of rotatable bonds is 5. The number of aliphatic hydroxyl groups is 1. The van der Waals surface area contributed by atoms with Gasteiger partial charge in [0, 0.05) is 18.7 Å². The van der Waals surface area contributed by atoms with E-state index in [2.05, 4.69) is 5.32 Å². The predicted octanol–water partition coefficient (Wildman–Crippen LogP) is 1.28. The Labute approximate surface area is 137 Å². The summed E-state index contributed by atoms with van der Waals surface area (Å²) in [5.41, 5.74) is -0.913. The van der Waals surface area contributed by atoms with E-state index >= 15 is 0 Å². The molecule has 0 radical (unpaired) electrons. The van der Waals surface area contributed by atoms with Crippen LogP contribution in [0.5, 0.6) is 0 Å². The van der Waals surface area contributed by atoms with Gasteiger partial charge in [-0.15, -0.1) is 0 Å². The fraction of sp³-hybridized carbons (Fsp3) is 0.333. The molecule has 5 N–H and O–H groups in total. The molecular weight excluding hydrogens is 377 g/mol. The van der Waals surface area contributed by atoms with Gasteiger partial charge in [0.25, 0.3) is 11.8 Å². The molecule has 1 atom stereocenters. The van der Waals surface area contributed by atoms with Gasteiger partial charge in [-0.2, -0.15) is 0 Å². The number of β-amino-alcohol motifs (C(OH)–C–C–N with tert-alkyl or cyclic N) is 1. The van der Waals surface area contributed by atoms with Crippen molar-refractivity contribution >= 4 is 22.0 Å². The van der Waals surface area contributed by atoms with Gasteiger partial charge in [0.1, 0.15) is 16.5 Å². The van der Waals surface area contributed by atoms with Crippen molar-refractivity contribution in [2.24, 2.45) is 0 Å².